The second-order valence-electron chi connectivity index (χ2n) is 7.24. The van der Waals surface area contributed by atoms with Gasteiger partial charge in [-0.25, -0.2) is 4.98 Å². The molecule has 1 N–H and O–H groups in total. The van der Waals surface area contributed by atoms with Gasteiger partial charge in [-0.15, -0.1) is 0 Å². The number of nitrogens with zero attached hydrogens (tertiary/aromatic N) is 4. The van der Waals surface area contributed by atoms with Gasteiger partial charge >= 0.3 is 6.18 Å². The van der Waals surface area contributed by atoms with Gasteiger partial charge in [-0.3, -0.25) is 9.48 Å². The molecule has 0 atom stereocenters. The number of anilines is 1. The SMILES string of the molecule is Cc1c(NC(=O)c2cc(C(F)(F)F)nc3ccc(Br)cc23)cnn1Cc1ccccc1C#N. The summed E-state index contributed by atoms with van der Waals surface area (Å²) in [7, 11) is 0. The Labute approximate surface area is 194 Å². The lowest BCUT2D eigenvalue weighted by Gasteiger charge is -2.12. The summed E-state index contributed by atoms with van der Waals surface area (Å²) in [6, 6.07) is 14.5. The van der Waals surface area contributed by atoms with Crippen molar-refractivity contribution < 1.29 is 18.0 Å². The maximum atomic E-state index is 13.4. The number of alkyl halides is 3. The number of carbonyl (C=O) groups is 1. The van der Waals surface area contributed by atoms with E-state index >= 15 is 0 Å². The Bertz CT molecular complexity index is 1420. The minimum absolute atomic E-state index is 0.0544. The van der Waals surface area contributed by atoms with Crippen LogP contribution >= 0.6 is 15.9 Å². The van der Waals surface area contributed by atoms with Crippen molar-refractivity contribution in [3.63, 3.8) is 0 Å². The van der Waals surface area contributed by atoms with Crippen molar-refractivity contribution in [2.45, 2.75) is 19.6 Å². The van der Waals surface area contributed by atoms with Crippen molar-refractivity contribution in [2.24, 2.45) is 0 Å². The molecular weight excluding hydrogens is 499 g/mol. The molecule has 33 heavy (non-hydrogen) atoms. The Morgan fingerprint density at radius 2 is 1.97 bits per heavy atom. The predicted molar refractivity (Wildman–Crippen MR) is 120 cm³/mol. The highest BCUT2D eigenvalue weighted by atomic mass is 79.9. The normalized spacial score (nSPS) is 11.4. The van der Waals surface area contributed by atoms with E-state index in [1.165, 1.54) is 12.3 Å². The summed E-state index contributed by atoms with van der Waals surface area (Å²) in [5.41, 5.74) is 0.947. The van der Waals surface area contributed by atoms with Crippen LogP contribution in [0.1, 0.15) is 32.9 Å². The van der Waals surface area contributed by atoms with Gasteiger partial charge in [-0.05, 0) is 42.8 Å². The molecule has 0 unspecified atom stereocenters. The van der Waals surface area contributed by atoms with Crippen LogP contribution in [0, 0.1) is 18.3 Å². The molecule has 1 amide bonds. The van der Waals surface area contributed by atoms with Gasteiger partial charge in [0.05, 0.1) is 46.8 Å². The van der Waals surface area contributed by atoms with E-state index in [0.717, 1.165) is 11.6 Å². The molecule has 166 valence electrons. The van der Waals surface area contributed by atoms with Crippen LogP contribution in [0.2, 0.25) is 0 Å². The molecule has 2 aromatic heterocycles. The summed E-state index contributed by atoms with van der Waals surface area (Å²) in [5, 5.41) is 16.5. The number of carbonyl (C=O) groups excluding carboxylic acids is 1. The summed E-state index contributed by atoms with van der Waals surface area (Å²) in [6.07, 6.45) is -3.28. The maximum Gasteiger partial charge on any atom is 0.433 e. The van der Waals surface area contributed by atoms with Gasteiger partial charge in [0.2, 0.25) is 0 Å². The lowest BCUT2D eigenvalue weighted by atomic mass is 10.1. The summed E-state index contributed by atoms with van der Waals surface area (Å²) in [6.45, 7) is 2.02. The first-order valence-corrected chi connectivity index (χ1v) is 10.5. The lowest BCUT2D eigenvalue weighted by molar-refractivity contribution is -0.140. The molecule has 0 saturated carbocycles. The highest BCUT2D eigenvalue weighted by Crippen LogP contribution is 2.32. The van der Waals surface area contributed by atoms with Crippen molar-refractivity contribution in [3.05, 3.63) is 87.3 Å². The van der Waals surface area contributed by atoms with Crippen LogP contribution in [0.4, 0.5) is 18.9 Å². The summed E-state index contributed by atoms with van der Waals surface area (Å²) < 4.78 is 42.3. The molecule has 0 aliphatic heterocycles. The molecule has 6 nitrogen and oxygen atoms in total. The number of fused-ring (bicyclic) bond motifs is 1. The van der Waals surface area contributed by atoms with Crippen molar-refractivity contribution in [3.8, 4) is 6.07 Å². The van der Waals surface area contributed by atoms with E-state index in [-0.39, 0.29) is 16.5 Å². The molecule has 0 radical (unpaired) electrons. The second-order valence-corrected chi connectivity index (χ2v) is 8.15. The first-order valence-electron chi connectivity index (χ1n) is 9.66. The quantitative estimate of drug-likeness (QED) is 0.379. The topological polar surface area (TPSA) is 83.6 Å². The standard InChI is InChI=1S/C23H15BrF3N5O/c1-13-20(11-29-32(13)12-15-5-3-2-4-14(15)10-28)31-22(33)18-9-21(23(25,26)27)30-19-7-6-16(24)8-17(18)19/h2-9,11H,12H2,1H3,(H,31,33). The van der Waals surface area contributed by atoms with E-state index in [4.69, 9.17) is 0 Å². The Morgan fingerprint density at radius 1 is 1.21 bits per heavy atom. The van der Waals surface area contributed by atoms with E-state index in [9.17, 15) is 23.2 Å². The third kappa shape index (κ3) is 4.59. The van der Waals surface area contributed by atoms with Gasteiger partial charge in [0.25, 0.3) is 5.91 Å². The average Bonchev–Trinajstić information content (AvgIpc) is 3.11. The molecule has 0 aliphatic rings. The smallest absolute Gasteiger partial charge is 0.319 e. The number of nitriles is 1. The zero-order chi connectivity index (χ0) is 23.8. The molecular formula is C23H15BrF3N5O. The summed E-state index contributed by atoms with van der Waals surface area (Å²) in [5.74, 6) is -0.717. The average molecular weight is 514 g/mol. The molecule has 0 bridgehead atoms. The molecule has 10 heteroatoms. The Hall–Kier alpha value is -3.71. The van der Waals surface area contributed by atoms with Crippen molar-refractivity contribution in [2.75, 3.05) is 5.32 Å². The zero-order valence-corrected chi connectivity index (χ0v) is 18.7. The number of rotatable bonds is 4. The largest absolute Gasteiger partial charge is 0.433 e. The minimum atomic E-state index is -4.70. The molecule has 2 heterocycles. The van der Waals surface area contributed by atoms with Crippen LogP contribution in [0.25, 0.3) is 10.9 Å². The number of aromatic nitrogens is 3. The molecule has 0 fully saturated rings. The van der Waals surface area contributed by atoms with Gasteiger partial charge in [-0.1, -0.05) is 34.1 Å². The van der Waals surface area contributed by atoms with E-state index in [1.54, 1.807) is 41.9 Å². The summed E-state index contributed by atoms with van der Waals surface area (Å²) in [4.78, 5) is 16.7. The van der Waals surface area contributed by atoms with E-state index in [2.05, 4.69) is 37.4 Å². The Kier molecular flexibility index (Phi) is 5.91. The van der Waals surface area contributed by atoms with Gasteiger partial charge < -0.3 is 5.32 Å². The van der Waals surface area contributed by atoms with Gasteiger partial charge in [-0.2, -0.15) is 23.5 Å². The van der Waals surface area contributed by atoms with Gasteiger partial charge in [0.15, 0.2) is 0 Å². The highest BCUT2D eigenvalue weighted by Gasteiger charge is 2.34. The first kappa shape index (κ1) is 22.5. The van der Waals surface area contributed by atoms with E-state index in [1.807, 2.05) is 6.07 Å². The third-order valence-electron chi connectivity index (χ3n) is 5.12. The van der Waals surface area contributed by atoms with Crippen LogP contribution in [-0.4, -0.2) is 20.7 Å². The molecule has 0 spiro atoms. The summed E-state index contributed by atoms with van der Waals surface area (Å²) >= 11 is 3.28. The van der Waals surface area contributed by atoms with Gasteiger partial charge in [0.1, 0.15) is 5.69 Å². The van der Waals surface area contributed by atoms with Crippen molar-refractivity contribution >= 4 is 38.4 Å². The van der Waals surface area contributed by atoms with Crippen LogP contribution < -0.4 is 5.32 Å². The lowest BCUT2D eigenvalue weighted by Crippen LogP contribution is -2.16. The fourth-order valence-corrected chi connectivity index (χ4v) is 3.74. The number of hydrogen-bond donors (Lipinski definition) is 1. The fourth-order valence-electron chi connectivity index (χ4n) is 3.38. The Morgan fingerprint density at radius 3 is 2.70 bits per heavy atom. The van der Waals surface area contributed by atoms with Crippen LogP contribution in [0.15, 0.2) is 59.2 Å². The van der Waals surface area contributed by atoms with E-state index < -0.39 is 17.8 Å². The number of hydrogen-bond acceptors (Lipinski definition) is 4. The van der Waals surface area contributed by atoms with E-state index in [0.29, 0.717) is 28.0 Å². The van der Waals surface area contributed by atoms with Crippen LogP contribution in [0.5, 0.6) is 0 Å². The fraction of sp³-hybridized carbons (Fsp3) is 0.130. The first-order chi connectivity index (χ1) is 15.7. The molecule has 2 aromatic carbocycles. The zero-order valence-electron chi connectivity index (χ0n) is 17.1. The Balaban J connectivity index is 1.68. The van der Waals surface area contributed by atoms with Crippen LogP contribution in [0.3, 0.4) is 0 Å². The third-order valence-corrected chi connectivity index (χ3v) is 5.61. The maximum absolute atomic E-state index is 13.4. The number of amides is 1. The number of pyridine rings is 1. The number of nitrogens with one attached hydrogen (secondary N) is 1. The molecule has 4 rings (SSSR count). The van der Waals surface area contributed by atoms with Crippen LogP contribution in [-0.2, 0) is 12.7 Å². The predicted octanol–water partition coefficient (Wildman–Crippen LogP) is 5.69. The minimum Gasteiger partial charge on any atom is -0.319 e. The van der Waals surface area contributed by atoms with Crippen molar-refractivity contribution in [1.82, 2.24) is 14.8 Å². The van der Waals surface area contributed by atoms with Crippen molar-refractivity contribution in [1.29, 1.82) is 5.26 Å². The monoisotopic (exact) mass is 513 g/mol. The number of halogens is 4. The highest BCUT2D eigenvalue weighted by molar-refractivity contribution is 9.10. The van der Waals surface area contributed by atoms with Gasteiger partial charge in [0, 0.05) is 9.86 Å². The molecule has 0 saturated heterocycles. The second kappa shape index (κ2) is 8.67. The molecule has 0 aliphatic carbocycles. The molecule has 4 aromatic rings. The number of benzene rings is 2.